The predicted octanol–water partition coefficient (Wildman–Crippen LogP) is 5.02. The van der Waals surface area contributed by atoms with Crippen molar-refractivity contribution < 1.29 is 9.59 Å². The zero-order chi connectivity index (χ0) is 20.4. The summed E-state index contributed by atoms with van der Waals surface area (Å²) in [4.78, 5) is 28.0. The monoisotopic (exact) mass is 405 g/mol. The lowest BCUT2D eigenvalue weighted by Gasteiger charge is -2.13. The Morgan fingerprint density at radius 1 is 1.10 bits per heavy atom. The number of anilines is 1. The van der Waals surface area contributed by atoms with Gasteiger partial charge in [0, 0.05) is 35.0 Å². The molecule has 0 saturated heterocycles. The van der Waals surface area contributed by atoms with E-state index < -0.39 is 0 Å². The van der Waals surface area contributed by atoms with Gasteiger partial charge in [-0.3, -0.25) is 9.59 Å². The van der Waals surface area contributed by atoms with E-state index in [1.807, 2.05) is 60.8 Å². The zero-order valence-corrected chi connectivity index (χ0v) is 17.3. The lowest BCUT2D eigenvalue weighted by Crippen LogP contribution is -2.23. The maximum atomic E-state index is 12.0. The van der Waals surface area contributed by atoms with Crippen molar-refractivity contribution in [2.45, 2.75) is 32.7 Å². The lowest BCUT2D eigenvalue weighted by molar-refractivity contribution is -0.119. The van der Waals surface area contributed by atoms with Crippen LogP contribution in [-0.4, -0.2) is 16.8 Å². The molecular weight excluding hydrogens is 382 g/mol. The third kappa shape index (κ3) is 4.71. The molecule has 0 bridgehead atoms. The molecule has 1 atom stereocenters. The van der Waals surface area contributed by atoms with Gasteiger partial charge in [0.05, 0.1) is 11.7 Å². The number of nitrogens with one attached hydrogen (secondary N) is 2. The van der Waals surface area contributed by atoms with Gasteiger partial charge in [-0.25, -0.2) is 4.98 Å². The van der Waals surface area contributed by atoms with Crippen LogP contribution in [0.5, 0.6) is 0 Å². The summed E-state index contributed by atoms with van der Waals surface area (Å²) >= 11 is 1.58. The van der Waals surface area contributed by atoms with E-state index in [0.717, 1.165) is 45.9 Å². The van der Waals surface area contributed by atoms with E-state index in [0.29, 0.717) is 0 Å². The van der Waals surface area contributed by atoms with Crippen LogP contribution in [0.3, 0.4) is 0 Å². The lowest BCUT2D eigenvalue weighted by atomic mass is 10.0. The van der Waals surface area contributed by atoms with Crippen LogP contribution >= 0.6 is 11.3 Å². The number of carbonyl (C=O) groups is 2. The van der Waals surface area contributed by atoms with Crippen molar-refractivity contribution in [3.8, 4) is 21.8 Å². The second kappa shape index (κ2) is 8.17. The highest BCUT2D eigenvalue weighted by molar-refractivity contribution is 7.13. The van der Waals surface area contributed by atoms with Gasteiger partial charge >= 0.3 is 0 Å². The number of nitrogens with zero attached hydrogens (tertiary/aromatic N) is 1. The molecule has 1 fully saturated rings. The highest BCUT2D eigenvalue weighted by Gasteiger charge is 2.29. The smallest absolute Gasteiger partial charge is 0.227 e. The molecule has 2 amide bonds. The van der Waals surface area contributed by atoms with E-state index in [-0.39, 0.29) is 23.8 Å². The minimum Gasteiger partial charge on any atom is -0.350 e. The molecule has 0 aliphatic heterocycles. The van der Waals surface area contributed by atoms with Gasteiger partial charge in [-0.2, -0.15) is 0 Å². The minimum atomic E-state index is -0.0405. The van der Waals surface area contributed by atoms with Crippen LogP contribution in [0.25, 0.3) is 21.8 Å². The van der Waals surface area contributed by atoms with Gasteiger partial charge in [0.15, 0.2) is 0 Å². The number of rotatable bonds is 6. The molecule has 2 N–H and O–H groups in total. The summed E-state index contributed by atoms with van der Waals surface area (Å²) in [6.07, 6.45) is 1.98. The molecular formula is C23H23N3O2S. The minimum absolute atomic E-state index is 0.0267. The average Bonchev–Trinajstić information content (AvgIpc) is 3.45. The number of thiazole rings is 1. The molecule has 1 saturated carbocycles. The Kier molecular flexibility index (Phi) is 5.45. The molecule has 5 nitrogen and oxygen atoms in total. The van der Waals surface area contributed by atoms with Gasteiger partial charge in [0.25, 0.3) is 0 Å². The molecule has 1 heterocycles. The normalized spacial score (nSPS) is 14.3. The summed E-state index contributed by atoms with van der Waals surface area (Å²) in [6.45, 7) is 3.49. The molecule has 0 radical (unpaired) electrons. The number of amides is 2. The molecule has 0 spiro atoms. The summed E-state index contributed by atoms with van der Waals surface area (Å²) in [5, 5.41) is 8.84. The van der Waals surface area contributed by atoms with E-state index in [4.69, 9.17) is 4.98 Å². The van der Waals surface area contributed by atoms with E-state index in [9.17, 15) is 9.59 Å². The van der Waals surface area contributed by atoms with Crippen LogP contribution in [0, 0.1) is 5.92 Å². The van der Waals surface area contributed by atoms with Crippen molar-refractivity contribution in [3.63, 3.8) is 0 Å². The van der Waals surface area contributed by atoms with E-state index in [1.165, 1.54) is 6.92 Å². The molecule has 1 unspecified atom stereocenters. The first-order valence-corrected chi connectivity index (χ1v) is 10.6. The topological polar surface area (TPSA) is 71.1 Å². The van der Waals surface area contributed by atoms with E-state index in [1.54, 1.807) is 11.3 Å². The molecule has 1 aliphatic rings. The van der Waals surface area contributed by atoms with Gasteiger partial charge in [0.1, 0.15) is 5.01 Å². The fourth-order valence-electron chi connectivity index (χ4n) is 3.19. The number of carbonyl (C=O) groups excluding carboxylic acids is 2. The van der Waals surface area contributed by atoms with Crippen LogP contribution < -0.4 is 10.6 Å². The number of benzene rings is 2. The van der Waals surface area contributed by atoms with Gasteiger partial charge in [-0.05, 0) is 37.5 Å². The van der Waals surface area contributed by atoms with Gasteiger partial charge in [-0.15, -0.1) is 11.3 Å². The SMILES string of the molecule is CC(=O)NC(C)c1ccc(-c2csc(-c3cccc(NC(=O)C4CC4)c3)n2)cc1. The molecule has 6 heteroatoms. The average molecular weight is 406 g/mol. The second-order valence-corrected chi connectivity index (χ2v) is 8.28. The Morgan fingerprint density at radius 3 is 2.55 bits per heavy atom. The zero-order valence-electron chi connectivity index (χ0n) is 16.4. The summed E-state index contributed by atoms with van der Waals surface area (Å²) in [5.41, 5.74) is 4.80. The molecule has 148 valence electrons. The van der Waals surface area contributed by atoms with Crippen LogP contribution in [0.15, 0.2) is 53.9 Å². The number of hydrogen-bond donors (Lipinski definition) is 2. The summed E-state index contributed by atoms with van der Waals surface area (Å²) < 4.78 is 0. The summed E-state index contributed by atoms with van der Waals surface area (Å²) in [7, 11) is 0. The Bertz CT molecular complexity index is 1040. The van der Waals surface area contributed by atoms with Crippen molar-refractivity contribution in [1.82, 2.24) is 10.3 Å². The van der Waals surface area contributed by atoms with Crippen molar-refractivity contribution in [3.05, 3.63) is 59.5 Å². The van der Waals surface area contributed by atoms with E-state index in [2.05, 4.69) is 10.6 Å². The number of aromatic nitrogens is 1. The van der Waals surface area contributed by atoms with Crippen molar-refractivity contribution in [2.75, 3.05) is 5.32 Å². The first-order chi connectivity index (χ1) is 14.0. The van der Waals surface area contributed by atoms with E-state index >= 15 is 0 Å². The highest BCUT2D eigenvalue weighted by Crippen LogP contribution is 2.32. The second-order valence-electron chi connectivity index (χ2n) is 7.43. The summed E-state index contributed by atoms with van der Waals surface area (Å²) in [5.74, 6) is 0.248. The Labute approximate surface area is 174 Å². The van der Waals surface area contributed by atoms with Gasteiger partial charge in [-0.1, -0.05) is 36.4 Å². The molecule has 29 heavy (non-hydrogen) atoms. The maximum absolute atomic E-state index is 12.0. The quantitative estimate of drug-likeness (QED) is 0.605. The largest absolute Gasteiger partial charge is 0.350 e. The Hall–Kier alpha value is -2.99. The molecule has 1 aromatic heterocycles. The first-order valence-electron chi connectivity index (χ1n) is 9.74. The fourth-order valence-corrected chi connectivity index (χ4v) is 4.02. The van der Waals surface area contributed by atoms with Crippen LogP contribution in [-0.2, 0) is 9.59 Å². The van der Waals surface area contributed by atoms with Crippen molar-refractivity contribution in [2.24, 2.45) is 5.92 Å². The van der Waals surface area contributed by atoms with Crippen molar-refractivity contribution >= 4 is 28.8 Å². The Morgan fingerprint density at radius 2 is 1.86 bits per heavy atom. The molecule has 4 rings (SSSR count). The van der Waals surface area contributed by atoms with Gasteiger partial charge in [0.2, 0.25) is 11.8 Å². The molecule has 2 aromatic carbocycles. The van der Waals surface area contributed by atoms with Crippen molar-refractivity contribution in [1.29, 1.82) is 0 Å². The standard InChI is InChI=1S/C23H23N3O2S/c1-14(24-15(2)27)16-6-8-17(9-7-16)21-13-29-23(26-21)19-4-3-5-20(12-19)25-22(28)18-10-11-18/h3-9,12-14,18H,10-11H2,1-2H3,(H,24,27)(H,25,28). The third-order valence-electron chi connectivity index (χ3n) is 4.96. The maximum Gasteiger partial charge on any atom is 0.227 e. The van der Waals surface area contributed by atoms with Crippen LogP contribution in [0.2, 0.25) is 0 Å². The Balaban J connectivity index is 1.49. The van der Waals surface area contributed by atoms with Crippen LogP contribution in [0.1, 0.15) is 38.3 Å². The molecule has 1 aliphatic carbocycles. The summed E-state index contributed by atoms with van der Waals surface area (Å²) in [6, 6.07) is 15.9. The number of hydrogen-bond acceptors (Lipinski definition) is 4. The van der Waals surface area contributed by atoms with Gasteiger partial charge < -0.3 is 10.6 Å². The third-order valence-corrected chi connectivity index (χ3v) is 5.85. The molecule has 3 aromatic rings. The van der Waals surface area contributed by atoms with Crippen LogP contribution in [0.4, 0.5) is 5.69 Å². The highest BCUT2D eigenvalue weighted by atomic mass is 32.1. The predicted molar refractivity (Wildman–Crippen MR) is 117 cm³/mol. The fraction of sp³-hybridized carbons (Fsp3) is 0.261. The first kappa shape index (κ1) is 19.3.